The first-order chi connectivity index (χ1) is 37.7. The van der Waals surface area contributed by atoms with E-state index in [1.807, 2.05) is 0 Å². The second-order valence-electron chi connectivity index (χ2n) is 21.4. The Hall–Kier alpha value is -9.76. The van der Waals surface area contributed by atoms with Gasteiger partial charge in [0.25, 0.3) is 0 Å². The van der Waals surface area contributed by atoms with Crippen molar-refractivity contribution in [3.8, 4) is 39.1 Å². The highest BCUT2D eigenvalue weighted by Gasteiger charge is 2.53. The first-order valence-corrected chi connectivity index (χ1v) is 26.7. The second kappa shape index (κ2) is 14.5. The van der Waals surface area contributed by atoms with Crippen molar-refractivity contribution in [1.82, 2.24) is 4.57 Å². The van der Waals surface area contributed by atoms with Crippen LogP contribution in [0.25, 0.3) is 93.2 Å². The zero-order valence-corrected chi connectivity index (χ0v) is 41.3. The summed E-state index contributed by atoms with van der Waals surface area (Å²) in [5, 5.41) is 10.0. The number of benzene rings is 13. The molecule has 350 valence electrons. The predicted octanol–water partition coefficient (Wildman–Crippen LogP) is 18.7. The van der Waals surface area contributed by atoms with Crippen LogP contribution < -0.4 is 4.90 Å². The molecule has 1 aromatic heterocycles. The molecule has 76 heavy (non-hydrogen) atoms. The lowest BCUT2D eigenvalue weighted by Crippen LogP contribution is -2.33. The fraction of sp³-hybridized carbons (Fsp3) is 0.0270. The summed E-state index contributed by atoms with van der Waals surface area (Å²) in [6.45, 7) is 0. The first-order valence-electron chi connectivity index (χ1n) is 26.7. The summed E-state index contributed by atoms with van der Waals surface area (Å²) in [5.41, 5.74) is 24.3. The Morgan fingerprint density at radius 3 is 1.50 bits per heavy atom. The molecule has 2 spiro atoms. The zero-order chi connectivity index (χ0) is 49.4. The third kappa shape index (κ3) is 4.80. The van der Waals surface area contributed by atoms with Crippen LogP contribution >= 0.6 is 0 Å². The average Bonchev–Trinajstić information content (AvgIpc) is 4.32. The molecule has 0 saturated carbocycles. The quantitative estimate of drug-likeness (QED) is 0.160. The molecule has 18 rings (SSSR count). The van der Waals surface area contributed by atoms with Crippen molar-refractivity contribution in [2.45, 2.75) is 10.8 Å². The molecule has 0 fully saturated rings. The average molecular weight is 961 g/mol. The number of hydrogen-bond acceptors (Lipinski definition) is 1. The summed E-state index contributed by atoms with van der Waals surface area (Å²) < 4.78 is 2.54. The summed E-state index contributed by atoms with van der Waals surface area (Å²) in [4.78, 5) is 2.59. The molecule has 2 nitrogen and oxygen atoms in total. The zero-order valence-electron chi connectivity index (χ0n) is 41.3. The molecule has 2 heterocycles. The van der Waals surface area contributed by atoms with E-state index in [1.165, 1.54) is 138 Å². The van der Waals surface area contributed by atoms with Gasteiger partial charge in [-0.3, -0.25) is 0 Å². The Morgan fingerprint density at radius 1 is 0.276 bits per heavy atom. The normalized spacial score (nSPS) is 16.8. The Labute approximate surface area is 439 Å². The van der Waals surface area contributed by atoms with Crippen LogP contribution in [0.4, 0.5) is 17.1 Å². The minimum atomic E-state index is -0.608. The van der Waals surface area contributed by atoms with Crippen molar-refractivity contribution in [3.05, 3.63) is 311 Å². The molecule has 2 heteroatoms. The van der Waals surface area contributed by atoms with Crippen LogP contribution in [0.2, 0.25) is 0 Å². The van der Waals surface area contributed by atoms with Crippen molar-refractivity contribution in [2.24, 2.45) is 0 Å². The highest BCUT2D eigenvalue weighted by atomic mass is 15.1. The number of anilines is 3. The maximum absolute atomic E-state index is 2.59. The molecule has 14 aromatic rings. The van der Waals surface area contributed by atoms with Crippen molar-refractivity contribution in [1.29, 1.82) is 0 Å². The molecule has 0 bridgehead atoms. The summed E-state index contributed by atoms with van der Waals surface area (Å²) in [5.74, 6) is 0. The number of fused-ring (bicyclic) bond motifs is 27. The fourth-order valence-electron chi connectivity index (χ4n) is 15.4. The van der Waals surface area contributed by atoms with Crippen LogP contribution in [0.3, 0.4) is 0 Å². The number of hydrogen-bond donors (Lipinski definition) is 0. The molecule has 1 aliphatic heterocycles. The van der Waals surface area contributed by atoms with Gasteiger partial charge in [-0.2, -0.15) is 0 Å². The molecule has 2 atom stereocenters. The lowest BCUT2D eigenvalue weighted by Gasteiger charge is -2.40. The lowest BCUT2D eigenvalue weighted by molar-refractivity contribution is 0.748. The van der Waals surface area contributed by atoms with Gasteiger partial charge >= 0.3 is 0 Å². The van der Waals surface area contributed by atoms with Gasteiger partial charge < -0.3 is 9.47 Å². The van der Waals surface area contributed by atoms with Crippen molar-refractivity contribution in [3.63, 3.8) is 0 Å². The maximum atomic E-state index is 2.59. The van der Waals surface area contributed by atoms with Crippen LogP contribution in [0.1, 0.15) is 44.5 Å². The van der Waals surface area contributed by atoms with Gasteiger partial charge in [-0.15, -0.1) is 0 Å². The Balaban J connectivity index is 0.958. The number of para-hydroxylation sites is 3. The summed E-state index contributed by atoms with van der Waals surface area (Å²) in [7, 11) is 0. The predicted molar refractivity (Wildman–Crippen MR) is 315 cm³/mol. The molecule has 0 radical (unpaired) electrons. The van der Waals surface area contributed by atoms with E-state index >= 15 is 0 Å². The largest absolute Gasteiger partial charge is 0.310 e. The van der Waals surface area contributed by atoms with Crippen LogP contribution in [-0.2, 0) is 10.8 Å². The Morgan fingerprint density at radius 2 is 0.776 bits per heavy atom. The minimum absolute atomic E-state index is 0.540. The highest BCUT2D eigenvalue weighted by Crippen LogP contribution is 2.66. The second-order valence-corrected chi connectivity index (χ2v) is 21.4. The molecule has 3 aliphatic carbocycles. The molecule has 13 aromatic carbocycles. The van der Waals surface area contributed by atoms with E-state index in [2.05, 4.69) is 276 Å². The van der Waals surface area contributed by atoms with Gasteiger partial charge in [0.15, 0.2) is 0 Å². The van der Waals surface area contributed by atoms with E-state index in [9.17, 15) is 0 Å². The maximum Gasteiger partial charge on any atom is 0.0755 e. The van der Waals surface area contributed by atoms with E-state index in [1.54, 1.807) is 0 Å². The van der Waals surface area contributed by atoms with Crippen LogP contribution in [0, 0.1) is 0 Å². The van der Waals surface area contributed by atoms with Gasteiger partial charge in [0.2, 0.25) is 0 Å². The summed E-state index contributed by atoms with van der Waals surface area (Å²) in [6.07, 6.45) is 0. The summed E-state index contributed by atoms with van der Waals surface area (Å²) >= 11 is 0. The molecule has 4 aliphatic rings. The molecule has 0 N–H and O–H groups in total. The monoisotopic (exact) mass is 960 g/mol. The number of rotatable bonds is 3. The van der Waals surface area contributed by atoms with Crippen LogP contribution in [-0.4, -0.2) is 4.57 Å². The lowest BCUT2D eigenvalue weighted by atomic mass is 9.65. The Kier molecular flexibility index (Phi) is 7.77. The van der Waals surface area contributed by atoms with Gasteiger partial charge in [0, 0.05) is 27.5 Å². The summed E-state index contributed by atoms with van der Waals surface area (Å²) in [6, 6.07) is 102. The third-order valence-corrected chi connectivity index (χ3v) is 18.1. The first kappa shape index (κ1) is 40.7. The van der Waals surface area contributed by atoms with Crippen molar-refractivity contribution in [2.75, 3.05) is 4.90 Å². The van der Waals surface area contributed by atoms with Crippen LogP contribution in [0.5, 0.6) is 0 Å². The number of nitrogens with zero attached hydrogens (tertiary/aromatic N) is 2. The molecular weight excluding hydrogens is 917 g/mol. The third-order valence-electron chi connectivity index (χ3n) is 18.1. The van der Waals surface area contributed by atoms with E-state index in [0.717, 1.165) is 17.1 Å². The van der Waals surface area contributed by atoms with Gasteiger partial charge in [0.05, 0.1) is 33.2 Å². The minimum Gasteiger partial charge on any atom is -0.310 e. The van der Waals surface area contributed by atoms with E-state index in [0.29, 0.717) is 0 Å². The van der Waals surface area contributed by atoms with Crippen molar-refractivity contribution >= 4 is 71.2 Å². The molecule has 2 unspecified atom stereocenters. The molecule has 0 amide bonds. The highest BCUT2D eigenvalue weighted by molar-refractivity contribution is 6.16. The standard InChI is InChI=1S/C74H44N2/c1-4-21-50-45(18-1)36-41-64-71(50)59-27-9-13-31-62(59)73(64)60-29-11-7-23-52(60)54-39-37-47(43-66(54)73)75(70-42-46-19-2-3-20-49(46)51-22-5-6-25-56(51)70)48-38-40-55-53-24-8-12-30-61(53)74(67(55)44-48)63-32-14-16-35-69(63)76-68-34-15-10-26-57(68)58-28-17-33-65(74)72(58)76/h1-44H. The SMILES string of the molecule is c1ccc2c(c1)-c1ccc(N(c3ccc4c(c3)C3(c5ccccc5-4)c4ccccc4-n4c5ccccc5c5cccc3c54)c3cc4ccccc4c4ccccc34)cc1C21c2ccccc2-c2c1ccc1ccccc21. The topological polar surface area (TPSA) is 8.17 Å². The molecule has 0 saturated heterocycles. The van der Waals surface area contributed by atoms with E-state index < -0.39 is 10.8 Å². The van der Waals surface area contributed by atoms with Gasteiger partial charge in [0.1, 0.15) is 0 Å². The fourth-order valence-corrected chi connectivity index (χ4v) is 15.4. The number of aromatic nitrogens is 1. The van der Waals surface area contributed by atoms with Gasteiger partial charge in [-0.1, -0.05) is 224 Å². The van der Waals surface area contributed by atoms with Gasteiger partial charge in [-0.25, -0.2) is 0 Å². The van der Waals surface area contributed by atoms with Crippen LogP contribution in [0.15, 0.2) is 267 Å². The smallest absolute Gasteiger partial charge is 0.0755 e. The molecular formula is C74H44N2. The van der Waals surface area contributed by atoms with Gasteiger partial charge in [-0.05, 0) is 147 Å². The van der Waals surface area contributed by atoms with E-state index in [-0.39, 0.29) is 0 Å². The van der Waals surface area contributed by atoms with E-state index in [4.69, 9.17) is 0 Å². The Bertz CT molecular complexity index is 4920. The van der Waals surface area contributed by atoms with Crippen molar-refractivity contribution < 1.29 is 0 Å².